The summed E-state index contributed by atoms with van der Waals surface area (Å²) in [6, 6.07) is 5.14. The number of nitrogens with zero attached hydrogens (tertiary/aromatic N) is 1. The number of ether oxygens (including phenoxy) is 1. The van der Waals surface area contributed by atoms with Gasteiger partial charge in [-0.15, -0.1) is 0 Å². The summed E-state index contributed by atoms with van der Waals surface area (Å²) in [5, 5.41) is 18.2. The highest BCUT2D eigenvalue weighted by atomic mass is 127. The summed E-state index contributed by atoms with van der Waals surface area (Å²) in [5.74, 6) is 0.465. The Labute approximate surface area is 90.1 Å². The molecular weight excluding hydrogens is 281 g/mol. The first-order valence-electron chi connectivity index (χ1n) is 3.74. The predicted octanol–water partition coefficient (Wildman–Crippen LogP) is 2.27. The van der Waals surface area contributed by atoms with E-state index in [0.717, 1.165) is 0 Å². The number of rotatable bonds is 2. The van der Waals surface area contributed by atoms with Crippen LogP contribution >= 0.6 is 22.6 Å². The molecule has 13 heavy (non-hydrogen) atoms. The Kier molecular flexibility index (Phi) is 3.37. The molecule has 0 aliphatic carbocycles. The van der Waals surface area contributed by atoms with Crippen LogP contribution in [0.25, 0.3) is 0 Å². The molecule has 1 aromatic rings. The number of aromatic hydroxyl groups is 1. The Morgan fingerprint density at radius 2 is 2.31 bits per heavy atom. The first-order valence-corrected chi connectivity index (χ1v) is 4.82. The Hall–Kier alpha value is -0.960. The van der Waals surface area contributed by atoms with Gasteiger partial charge in [-0.3, -0.25) is 0 Å². The summed E-state index contributed by atoms with van der Waals surface area (Å²) in [4.78, 5) is 0. The highest BCUT2D eigenvalue weighted by Crippen LogP contribution is 2.32. The van der Waals surface area contributed by atoms with Crippen molar-refractivity contribution in [3.05, 3.63) is 21.3 Å². The third kappa shape index (κ3) is 2.25. The van der Waals surface area contributed by atoms with Gasteiger partial charge in [0, 0.05) is 6.07 Å². The maximum absolute atomic E-state index is 9.51. The Balaban J connectivity index is 3.18. The number of nitriles is 1. The minimum atomic E-state index is 0.0986. The van der Waals surface area contributed by atoms with Crippen LogP contribution in [0, 0.1) is 14.9 Å². The zero-order valence-electron chi connectivity index (χ0n) is 7.04. The van der Waals surface area contributed by atoms with Crippen LogP contribution in [-0.4, -0.2) is 11.7 Å². The van der Waals surface area contributed by atoms with Crippen LogP contribution in [0.4, 0.5) is 0 Å². The lowest BCUT2D eigenvalue weighted by atomic mass is 10.2. The van der Waals surface area contributed by atoms with Crippen LogP contribution in [-0.2, 0) is 0 Å². The number of benzene rings is 1. The van der Waals surface area contributed by atoms with E-state index in [4.69, 9.17) is 10.00 Å². The zero-order valence-corrected chi connectivity index (χ0v) is 9.20. The third-order valence-electron chi connectivity index (χ3n) is 1.46. The standard InChI is InChI=1S/C9H8INO2/c1-2-13-8-4-6(5-11)3-7(10)9(8)12/h3-4,12H,2H2,1H3. The number of halogens is 1. The maximum atomic E-state index is 9.51. The highest BCUT2D eigenvalue weighted by molar-refractivity contribution is 14.1. The molecule has 0 saturated heterocycles. The van der Waals surface area contributed by atoms with Crippen molar-refractivity contribution >= 4 is 22.6 Å². The molecule has 0 aliphatic heterocycles. The van der Waals surface area contributed by atoms with Gasteiger partial charge in [0.05, 0.1) is 21.8 Å². The lowest BCUT2D eigenvalue weighted by Gasteiger charge is -2.06. The van der Waals surface area contributed by atoms with Gasteiger partial charge in [-0.1, -0.05) is 0 Å². The lowest BCUT2D eigenvalue weighted by Crippen LogP contribution is -1.93. The van der Waals surface area contributed by atoms with Crippen molar-refractivity contribution in [1.29, 1.82) is 5.26 Å². The molecule has 0 unspecified atom stereocenters. The molecule has 0 aliphatic rings. The molecule has 3 nitrogen and oxygen atoms in total. The quantitative estimate of drug-likeness (QED) is 0.850. The molecular formula is C9H8INO2. The molecule has 0 aromatic heterocycles. The van der Waals surface area contributed by atoms with Gasteiger partial charge in [0.25, 0.3) is 0 Å². The van der Waals surface area contributed by atoms with Gasteiger partial charge in [0.2, 0.25) is 0 Å². The molecule has 68 valence electrons. The number of phenolic OH excluding ortho intramolecular Hbond substituents is 1. The first kappa shape index (κ1) is 10.1. The van der Waals surface area contributed by atoms with E-state index >= 15 is 0 Å². The molecule has 0 atom stereocenters. The molecule has 0 spiro atoms. The van der Waals surface area contributed by atoms with Gasteiger partial charge in [-0.25, -0.2) is 0 Å². The van der Waals surface area contributed by atoms with Crippen molar-refractivity contribution in [2.75, 3.05) is 6.61 Å². The Bertz CT molecular complexity index is 357. The molecule has 0 saturated carbocycles. The largest absolute Gasteiger partial charge is 0.504 e. The van der Waals surface area contributed by atoms with Gasteiger partial charge >= 0.3 is 0 Å². The van der Waals surface area contributed by atoms with Gasteiger partial charge in [-0.2, -0.15) is 5.26 Å². The molecule has 0 radical (unpaired) electrons. The highest BCUT2D eigenvalue weighted by Gasteiger charge is 2.08. The van der Waals surface area contributed by atoms with E-state index in [1.807, 2.05) is 35.6 Å². The van der Waals surface area contributed by atoms with Crippen LogP contribution in [0.1, 0.15) is 12.5 Å². The van der Waals surface area contributed by atoms with Crippen molar-refractivity contribution in [2.24, 2.45) is 0 Å². The monoisotopic (exact) mass is 289 g/mol. The van der Waals surface area contributed by atoms with Crippen LogP contribution in [0.3, 0.4) is 0 Å². The first-order chi connectivity index (χ1) is 6.19. The summed E-state index contributed by atoms with van der Waals surface area (Å²) in [5.41, 5.74) is 0.491. The van der Waals surface area contributed by atoms with Crippen LogP contribution in [0.15, 0.2) is 12.1 Å². The molecule has 0 heterocycles. The second-order valence-electron chi connectivity index (χ2n) is 2.35. The van der Waals surface area contributed by atoms with Gasteiger partial charge in [0.15, 0.2) is 11.5 Å². The predicted molar refractivity (Wildman–Crippen MR) is 56.7 cm³/mol. The topological polar surface area (TPSA) is 53.2 Å². The lowest BCUT2D eigenvalue weighted by molar-refractivity contribution is 0.317. The summed E-state index contributed by atoms with van der Waals surface area (Å²) in [6.07, 6.45) is 0. The van der Waals surface area contributed by atoms with Crippen LogP contribution < -0.4 is 4.74 Å². The molecule has 4 heteroatoms. The Morgan fingerprint density at radius 3 is 2.85 bits per heavy atom. The molecule has 1 rings (SSSR count). The number of hydrogen-bond donors (Lipinski definition) is 1. The molecule has 1 N–H and O–H groups in total. The second kappa shape index (κ2) is 4.33. The maximum Gasteiger partial charge on any atom is 0.171 e. The third-order valence-corrected chi connectivity index (χ3v) is 2.28. The SMILES string of the molecule is CCOc1cc(C#N)cc(I)c1O. The van der Waals surface area contributed by atoms with Crippen molar-refractivity contribution in [1.82, 2.24) is 0 Å². The van der Waals surface area contributed by atoms with E-state index in [-0.39, 0.29) is 5.75 Å². The van der Waals surface area contributed by atoms with E-state index in [1.54, 1.807) is 6.07 Å². The van der Waals surface area contributed by atoms with Crippen molar-refractivity contribution in [3.63, 3.8) is 0 Å². The van der Waals surface area contributed by atoms with E-state index in [9.17, 15) is 5.11 Å². The normalized spacial score (nSPS) is 9.31. The summed E-state index contributed by atoms with van der Waals surface area (Å²) >= 11 is 1.96. The number of hydrogen-bond acceptors (Lipinski definition) is 3. The molecule has 0 fully saturated rings. The van der Waals surface area contributed by atoms with Crippen molar-refractivity contribution < 1.29 is 9.84 Å². The van der Waals surface area contributed by atoms with Gasteiger partial charge < -0.3 is 9.84 Å². The average Bonchev–Trinajstić information content (AvgIpc) is 2.13. The molecule has 1 aromatic carbocycles. The second-order valence-corrected chi connectivity index (χ2v) is 3.51. The summed E-state index contributed by atoms with van der Waals surface area (Å²) in [6.45, 7) is 2.30. The summed E-state index contributed by atoms with van der Waals surface area (Å²) < 4.78 is 5.78. The number of phenols is 1. The van der Waals surface area contributed by atoms with E-state index in [2.05, 4.69) is 0 Å². The molecule has 0 amide bonds. The Morgan fingerprint density at radius 1 is 1.62 bits per heavy atom. The average molecular weight is 289 g/mol. The van der Waals surface area contributed by atoms with Crippen LogP contribution in [0.5, 0.6) is 11.5 Å². The van der Waals surface area contributed by atoms with Crippen LogP contribution in [0.2, 0.25) is 0 Å². The minimum absolute atomic E-state index is 0.0986. The fourth-order valence-corrected chi connectivity index (χ4v) is 1.51. The van der Waals surface area contributed by atoms with Gasteiger partial charge in [0.1, 0.15) is 0 Å². The van der Waals surface area contributed by atoms with Crippen molar-refractivity contribution in [3.8, 4) is 17.6 Å². The smallest absolute Gasteiger partial charge is 0.171 e. The molecule has 0 bridgehead atoms. The minimum Gasteiger partial charge on any atom is -0.504 e. The fraction of sp³-hybridized carbons (Fsp3) is 0.222. The van der Waals surface area contributed by atoms with Crippen molar-refractivity contribution in [2.45, 2.75) is 6.92 Å². The van der Waals surface area contributed by atoms with E-state index in [0.29, 0.717) is 21.5 Å². The fourth-order valence-electron chi connectivity index (χ4n) is 0.904. The zero-order chi connectivity index (χ0) is 9.84. The van der Waals surface area contributed by atoms with Gasteiger partial charge in [-0.05, 0) is 35.6 Å². The van der Waals surface area contributed by atoms with E-state index in [1.165, 1.54) is 6.07 Å². The van der Waals surface area contributed by atoms with E-state index < -0.39 is 0 Å². The summed E-state index contributed by atoms with van der Waals surface area (Å²) in [7, 11) is 0.